The van der Waals surface area contributed by atoms with Crippen LogP contribution >= 0.6 is 11.6 Å². The number of nitrogens with two attached hydrogens (primary N) is 1. The number of likely N-dealkylation sites (tertiary alicyclic amines) is 1. The molecule has 1 atom stereocenters. The summed E-state index contributed by atoms with van der Waals surface area (Å²) in [5, 5.41) is 0.612. The molecule has 2 N–H and O–H groups in total. The highest BCUT2D eigenvalue weighted by Gasteiger charge is 2.43. The number of amides is 1. The van der Waals surface area contributed by atoms with E-state index in [2.05, 4.69) is 9.97 Å². The van der Waals surface area contributed by atoms with Crippen molar-refractivity contribution in [1.29, 1.82) is 0 Å². The van der Waals surface area contributed by atoms with Gasteiger partial charge in [0.05, 0.1) is 0 Å². The average molecular weight is 331 g/mol. The van der Waals surface area contributed by atoms with Crippen molar-refractivity contribution in [3.63, 3.8) is 0 Å². The molecule has 1 aliphatic heterocycles. The van der Waals surface area contributed by atoms with Crippen molar-refractivity contribution in [3.8, 4) is 0 Å². The molecule has 23 heavy (non-hydrogen) atoms. The fraction of sp³-hybridized carbons (Fsp3) is 0.353. The Morgan fingerprint density at radius 3 is 2.65 bits per heavy atom. The van der Waals surface area contributed by atoms with E-state index in [-0.39, 0.29) is 5.91 Å². The van der Waals surface area contributed by atoms with Crippen LogP contribution in [0.15, 0.2) is 30.3 Å². The van der Waals surface area contributed by atoms with Crippen LogP contribution in [0.1, 0.15) is 41.6 Å². The van der Waals surface area contributed by atoms with E-state index in [1.165, 1.54) is 0 Å². The topological polar surface area (TPSA) is 72.1 Å². The van der Waals surface area contributed by atoms with E-state index in [1.807, 2.05) is 18.7 Å². The molecular weight excluding hydrogens is 312 g/mol. The number of carbonyl (C=O) groups is 1. The zero-order chi connectivity index (χ0) is 16.6. The van der Waals surface area contributed by atoms with Crippen LogP contribution in [0.5, 0.6) is 0 Å². The number of anilines is 1. The summed E-state index contributed by atoms with van der Waals surface area (Å²) in [6.07, 6.45) is 1.72. The summed E-state index contributed by atoms with van der Waals surface area (Å²) >= 11 is 5.90. The van der Waals surface area contributed by atoms with Crippen LogP contribution in [0.2, 0.25) is 5.02 Å². The normalized spacial score (nSPS) is 20.7. The zero-order valence-electron chi connectivity index (χ0n) is 13.2. The zero-order valence-corrected chi connectivity index (χ0v) is 14.0. The number of carbonyl (C=O) groups excluding carboxylic acids is 1. The number of aryl methyl sites for hydroxylation is 1. The van der Waals surface area contributed by atoms with Gasteiger partial charge in [-0.3, -0.25) is 4.79 Å². The summed E-state index contributed by atoms with van der Waals surface area (Å²) in [6, 6.07) is 8.67. The first-order chi connectivity index (χ1) is 10.9. The van der Waals surface area contributed by atoms with Gasteiger partial charge < -0.3 is 10.6 Å². The Kier molecular flexibility index (Phi) is 3.98. The first kappa shape index (κ1) is 15.7. The Balaban J connectivity index is 1.98. The van der Waals surface area contributed by atoms with Gasteiger partial charge in [-0.1, -0.05) is 11.6 Å². The molecule has 120 valence electrons. The van der Waals surface area contributed by atoms with E-state index in [0.717, 1.165) is 18.5 Å². The molecule has 0 saturated carbocycles. The lowest BCUT2D eigenvalue weighted by atomic mass is 9.96. The molecule has 1 amide bonds. The van der Waals surface area contributed by atoms with Gasteiger partial charge in [0.25, 0.3) is 5.91 Å². The molecule has 0 aliphatic carbocycles. The fourth-order valence-corrected chi connectivity index (χ4v) is 3.23. The molecule has 3 rings (SSSR count). The van der Waals surface area contributed by atoms with Gasteiger partial charge >= 0.3 is 0 Å². The number of benzene rings is 1. The predicted octanol–water partition coefficient (Wildman–Crippen LogP) is 3.17. The highest BCUT2D eigenvalue weighted by atomic mass is 35.5. The number of nitrogen functional groups attached to an aromatic ring is 1. The highest BCUT2D eigenvalue weighted by Crippen LogP contribution is 2.38. The van der Waals surface area contributed by atoms with Gasteiger partial charge in [0.1, 0.15) is 11.4 Å². The largest absolute Gasteiger partial charge is 0.384 e. The van der Waals surface area contributed by atoms with E-state index < -0.39 is 5.54 Å². The standard InChI is InChI=1S/C17H19ClN4O/c1-11-10-14(19)21-16(20-11)17(2)8-3-9-22(17)15(23)12-4-6-13(18)7-5-12/h4-7,10H,3,8-9H2,1-2H3,(H2,19,20,21)/t17-/m1/s1. The van der Waals surface area contributed by atoms with Gasteiger partial charge in [0.15, 0.2) is 5.82 Å². The highest BCUT2D eigenvalue weighted by molar-refractivity contribution is 6.30. The number of hydrogen-bond donors (Lipinski definition) is 1. The second-order valence-corrected chi connectivity index (χ2v) is 6.54. The minimum Gasteiger partial charge on any atom is -0.384 e. The van der Waals surface area contributed by atoms with Crippen LogP contribution in [-0.2, 0) is 5.54 Å². The van der Waals surface area contributed by atoms with Gasteiger partial charge in [-0.2, -0.15) is 0 Å². The van der Waals surface area contributed by atoms with Crippen molar-refractivity contribution < 1.29 is 4.79 Å². The van der Waals surface area contributed by atoms with Crippen LogP contribution in [0.25, 0.3) is 0 Å². The Morgan fingerprint density at radius 2 is 2.00 bits per heavy atom. The lowest BCUT2D eigenvalue weighted by molar-refractivity contribution is 0.0604. The van der Waals surface area contributed by atoms with Crippen molar-refractivity contribution >= 4 is 23.3 Å². The summed E-state index contributed by atoms with van der Waals surface area (Å²) in [4.78, 5) is 23.7. The van der Waals surface area contributed by atoms with Crippen molar-refractivity contribution in [3.05, 3.63) is 52.4 Å². The van der Waals surface area contributed by atoms with Gasteiger partial charge in [-0.25, -0.2) is 9.97 Å². The van der Waals surface area contributed by atoms with Crippen LogP contribution in [0, 0.1) is 6.92 Å². The van der Waals surface area contributed by atoms with Crippen molar-refractivity contribution in [1.82, 2.24) is 14.9 Å². The summed E-state index contributed by atoms with van der Waals surface area (Å²) in [5.74, 6) is 1.000. The molecule has 1 saturated heterocycles. The van der Waals surface area contributed by atoms with E-state index in [9.17, 15) is 4.79 Å². The molecule has 1 fully saturated rings. The Bertz CT molecular complexity index is 727. The summed E-state index contributed by atoms with van der Waals surface area (Å²) in [7, 11) is 0. The lowest BCUT2D eigenvalue weighted by Gasteiger charge is -2.34. The minimum atomic E-state index is -0.545. The Morgan fingerprint density at radius 1 is 1.30 bits per heavy atom. The molecule has 0 spiro atoms. The predicted molar refractivity (Wildman–Crippen MR) is 90.3 cm³/mol. The molecule has 2 aromatic rings. The monoisotopic (exact) mass is 330 g/mol. The number of hydrogen-bond acceptors (Lipinski definition) is 4. The maximum absolute atomic E-state index is 12.9. The first-order valence-corrected chi connectivity index (χ1v) is 7.97. The average Bonchev–Trinajstić information content (AvgIpc) is 2.89. The van der Waals surface area contributed by atoms with Crippen molar-refractivity contribution in [2.24, 2.45) is 0 Å². The first-order valence-electron chi connectivity index (χ1n) is 7.59. The molecule has 2 heterocycles. The van der Waals surface area contributed by atoms with Gasteiger partial charge in [-0.15, -0.1) is 0 Å². The van der Waals surface area contributed by atoms with E-state index in [0.29, 0.717) is 28.8 Å². The number of rotatable bonds is 2. The van der Waals surface area contributed by atoms with Crippen LogP contribution in [0.4, 0.5) is 5.82 Å². The van der Waals surface area contributed by atoms with Crippen molar-refractivity contribution in [2.45, 2.75) is 32.2 Å². The number of nitrogens with zero attached hydrogens (tertiary/aromatic N) is 3. The summed E-state index contributed by atoms with van der Waals surface area (Å²) < 4.78 is 0. The Labute approximate surface area is 140 Å². The van der Waals surface area contributed by atoms with E-state index in [1.54, 1.807) is 30.3 Å². The Hall–Kier alpha value is -2.14. The fourth-order valence-electron chi connectivity index (χ4n) is 3.10. The summed E-state index contributed by atoms with van der Waals surface area (Å²) in [5.41, 5.74) is 6.74. The van der Waals surface area contributed by atoms with Gasteiger partial charge in [-0.05, 0) is 51.0 Å². The van der Waals surface area contributed by atoms with Crippen LogP contribution < -0.4 is 5.73 Å². The second-order valence-electron chi connectivity index (χ2n) is 6.10. The van der Waals surface area contributed by atoms with Gasteiger partial charge in [0.2, 0.25) is 0 Å². The third-order valence-corrected chi connectivity index (χ3v) is 4.59. The third kappa shape index (κ3) is 2.88. The molecule has 1 aromatic heterocycles. The number of halogens is 1. The number of aromatic nitrogens is 2. The molecule has 0 bridgehead atoms. The minimum absolute atomic E-state index is 0.0367. The molecule has 0 radical (unpaired) electrons. The maximum Gasteiger partial charge on any atom is 0.254 e. The third-order valence-electron chi connectivity index (χ3n) is 4.33. The molecular formula is C17H19ClN4O. The quantitative estimate of drug-likeness (QED) is 0.918. The van der Waals surface area contributed by atoms with Gasteiger partial charge in [0, 0.05) is 28.9 Å². The SMILES string of the molecule is Cc1cc(N)nc([C@@]2(C)CCCN2C(=O)c2ccc(Cl)cc2)n1. The lowest BCUT2D eigenvalue weighted by Crippen LogP contribution is -2.44. The molecule has 1 aliphatic rings. The molecule has 6 heteroatoms. The molecule has 5 nitrogen and oxygen atoms in total. The van der Waals surface area contributed by atoms with Crippen molar-refractivity contribution in [2.75, 3.05) is 12.3 Å². The molecule has 1 aromatic carbocycles. The van der Waals surface area contributed by atoms with Crippen LogP contribution in [-0.4, -0.2) is 27.3 Å². The smallest absolute Gasteiger partial charge is 0.254 e. The maximum atomic E-state index is 12.9. The summed E-state index contributed by atoms with van der Waals surface area (Å²) in [6.45, 7) is 4.56. The molecule has 0 unspecified atom stereocenters. The second kappa shape index (κ2) is 5.81. The van der Waals surface area contributed by atoms with E-state index >= 15 is 0 Å². The van der Waals surface area contributed by atoms with Crippen LogP contribution in [0.3, 0.4) is 0 Å². The van der Waals surface area contributed by atoms with E-state index in [4.69, 9.17) is 17.3 Å².